The van der Waals surface area contributed by atoms with E-state index in [0.29, 0.717) is 10.7 Å². The quantitative estimate of drug-likeness (QED) is 0.823. The highest BCUT2D eigenvalue weighted by Gasteiger charge is 2.35. The third-order valence-corrected chi connectivity index (χ3v) is 4.62. The van der Waals surface area contributed by atoms with E-state index < -0.39 is 0 Å². The molecule has 0 aliphatic carbocycles. The van der Waals surface area contributed by atoms with Crippen molar-refractivity contribution in [2.75, 3.05) is 12.0 Å². The van der Waals surface area contributed by atoms with Gasteiger partial charge in [-0.3, -0.25) is 14.5 Å². The van der Waals surface area contributed by atoms with Gasteiger partial charge in [-0.05, 0) is 54.9 Å². The standard InChI is InChI=1S/C18H18N2O3S/c1-3-13-5-7-14(8-6-13)19-11-20-17(21)16(24-18(20)22)10-15-9-4-12(2)23-15/h4-10,19H,3,11H2,1-2H3/b16-10-. The number of imide groups is 1. The number of amides is 2. The molecule has 5 nitrogen and oxygen atoms in total. The predicted octanol–water partition coefficient (Wildman–Crippen LogP) is 4.26. The van der Waals surface area contributed by atoms with Crippen LogP contribution in [0, 0.1) is 6.92 Å². The summed E-state index contributed by atoms with van der Waals surface area (Å²) in [5.41, 5.74) is 2.11. The van der Waals surface area contributed by atoms with E-state index in [2.05, 4.69) is 12.2 Å². The number of anilines is 1. The molecule has 3 rings (SSSR count). The molecule has 0 bridgehead atoms. The number of nitrogens with zero attached hydrogens (tertiary/aromatic N) is 1. The van der Waals surface area contributed by atoms with Crippen molar-refractivity contribution in [2.45, 2.75) is 20.3 Å². The summed E-state index contributed by atoms with van der Waals surface area (Å²) in [6.45, 7) is 4.07. The van der Waals surface area contributed by atoms with Gasteiger partial charge in [-0.2, -0.15) is 0 Å². The van der Waals surface area contributed by atoms with Gasteiger partial charge in [0.15, 0.2) is 0 Å². The van der Waals surface area contributed by atoms with Crippen molar-refractivity contribution >= 4 is 34.7 Å². The number of carbonyl (C=O) groups excluding carboxylic acids is 2. The molecular weight excluding hydrogens is 324 g/mol. The van der Waals surface area contributed by atoms with Crippen LogP contribution in [-0.2, 0) is 11.2 Å². The van der Waals surface area contributed by atoms with E-state index in [1.165, 1.54) is 10.5 Å². The van der Waals surface area contributed by atoms with Crippen LogP contribution in [0.3, 0.4) is 0 Å². The minimum Gasteiger partial charge on any atom is -0.462 e. The minimum absolute atomic E-state index is 0.144. The van der Waals surface area contributed by atoms with Crippen molar-refractivity contribution < 1.29 is 14.0 Å². The van der Waals surface area contributed by atoms with Crippen LogP contribution >= 0.6 is 11.8 Å². The largest absolute Gasteiger partial charge is 0.462 e. The Morgan fingerprint density at radius 2 is 1.92 bits per heavy atom. The molecule has 0 atom stereocenters. The van der Waals surface area contributed by atoms with Crippen molar-refractivity contribution in [3.05, 3.63) is 58.4 Å². The third-order valence-electron chi connectivity index (χ3n) is 3.71. The van der Waals surface area contributed by atoms with Gasteiger partial charge in [-0.25, -0.2) is 0 Å². The molecule has 1 aromatic carbocycles. The van der Waals surface area contributed by atoms with E-state index >= 15 is 0 Å². The maximum absolute atomic E-state index is 12.4. The maximum Gasteiger partial charge on any atom is 0.295 e. The zero-order valence-electron chi connectivity index (χ0n) is 13.5. The molecule has 0 unspecified atom stereocenters. The third kappa shape index (κ3) is 3.54. The van der Waals surface area contributed by atoms with Crippen molar-refractivity contribution in [2.24, 2.45) is 0 Å². The van der Waals surface area contributed by atoms with Gasteiger partial charge in [0, 0.05) is 11.8 Å². The second-order valence-corrected chi connectivity index (χ2v) is 6.44. The van der Waals surface area contributed by atoms with E-state index in [4.69, 9.17) is 4.42 Å². The van der Waals surface area contributed by atoms with E-state index in [9.17, 15) is 9.59 Å². The Hall–Kier alpha value is -2.47. The van der Waals surface area contributed by atoms with Crippen LogP contribution < -0.4 is 5.32 Å². The monoisotopic (exact) mass is 342 g/mol. The second kappa shape index (κ2) is 6.97. The molecule has 0 spiro atoms. The number of furan rings is 1. The summed E-state index contributed by atoms with van der Waals surface area (Å²) in [7, 11) is 0. The van der Waals surface area contributed by atoms with E-state index in [0.717, 1.165) is 29.6 Å². The SMILES string of the molecule is CCc1ccc(NCN2C(=O)S/C(=C\c3ccc(C)o3)C2=O)cc1. The lowest BCUT2D eigenvalue weighted by atomic mass is 10.1. The molecular formula is C18H18N2O3S. The summed E-state index contributed by atoms with van der Waals surface area (Å²) in [6.07, 6.45) is 2.58. The van der Waals surface area contributed by atoms with Gasteiger partial charge in [-0.1, -0.05) is 19.1 Å². The Morgan fingerprint density at radius 3 is 2.54 bits per heavy atom. The van der Waals surface area contributed by atoms with Crippen molar-refractivity contribution in [1.82, 2.24) is 4.90 Å². The molecule has 1 N–H and O–H groups in total. The maximum atomic E-state index is 12.4. The Labute approximate surface area is 144 Å². The fraction of sp³-hybridized carbons (Fsp3) is 0.222. The number of thioether (sulfide) groups is 1. The lowest BCUT2D eigenvalue weighted by Gasteiger charge is -2.14. The lowest BCUT2D eigenvalue weighted by molar-refractivity contribution is -0.122. The summed E-state index contributed by atoms with van der Waals surface area (Å²) in [5.74, 6) is 1.02. The average molecular weight is 342 g/mol. The smallest absolute Gasteiger partial charge is 0.295 e. The van der Waals surface area contributed by atoms with Crippen LogP contribution in [-0.4, -0.2) is 22.7 Å². The van der Waals surface area contributed by atoms with Crippen molar-refractivity contribution in [3.63, 3.8) is 0 Å². The molecule has 1 saturated heterocycles. The number of hydrogen-bond donors (Lipinski definition) is 1. The Morgan fingerprint density at radius 1 is 1.17 bits per heavy atom. The van der Waals surface area contributed by atoms with Crippen LogP contribution in [0.2, 0.25) is 0 Å². The van der Waals surface area contributed by atoms with Crippen molar-refractivity contribution in [3.8, 4) is 0 Å². The fourth-order valence-electron chi connectivity index (χ4n) is 2.33. The molecule has 124 valence electrons. The van der Waals surface area contributed by atoms with Gasteiger partial charge in [0.1, 0.15) is 11.5 Å². The Kier molecular flexibility index (Phi) is 4.76. The van der Waals surface area contributed by atoms with Gasteiger partial charge in [-0.15, -0.1) is 0 Å². The van der Waals surface area contributed by atoms with Crippen LogP contribution in [0.4, 0.5) is 10.5 Å². The number of carbonyl (C=O) groups is 2. The van der Waals surface area contributed by atoms with Crippen molar-refractivity contribution in [1.29, 1.82) is 0 Å². The van der Waals surface area contributed by atoms with Gasteiger partial charge < -0.3 is 9.73 Å². The van der Waals surface area contributed by atoms with Gasteiger partial charge >= 0.3 is 0 Å². The number of benzene rings is 1. The van der Waals surface area contributed by atoms with E-state index in [1.54, 1.807) is 12.1 Å². The summed E-state index contributed by atoms with van der Waals surface area (Å²) in [6, 6.07) is 11.5. The Balaban J connectivity index is 1.66. The van der Waals surface area contributed by atoms with Gasteiger partial charge in [0.05, 0.1) is 11.6 Å². The first-order valence-corrected chi connectivity index (χ1v) is 8.53. The molecule has 24 heavy (non-hydrogen) atoms. The highest BCUT2D eigenvalue weighted by Crippen LogP contribution is 2.32. The van der Waals surface area contributed by atoms with E-state index in [-0.39, 0.29) is 17.8 Å². The van der Waals surface area contributed by atoms with Crippen LogP contribution in [0.15, 0.2) is 45.7 Å². The highest BCUT2D eigenvalue weighted by atomic mass is 32.2. The molecule has 1 aromatic heterocycles. The van der Waals surface area contributed by atoms with Crippen LogP contribution in [0.1, 0.15) is 24.0 Å². The van der Waals surface area contributed by atoms with Crippen LogP contribution in [0.25, 0.3) is 6.08 Å². The first-order chi connectivity index (χ1) is 11.6. The predicted molar refractivity (Wildman–Crippen MR) is 95.6 cm³/mol. The first kappa shape index (κ1) is 16.4. The zero-order chi connectivity index (χ0) is 17.1. The summed E-state index contributed by atoms with van der Waals surface area (Å²) in [5, 5.41) is 2.82. The zero-order valence-corrected chi connectivity index (χ0v) is 14.4. The molecule has 2 amide bonds. The number of nitrogens with one attached hydrogen (secondary N) is 1. The first-order valence-electron chi connectivity index (χ1n) is 7.71. The van der Waals surface area contributed by atoms with Gasteiger partial charge in [0.25, 0.3) is 11.1 Å². The molecule has 1 aliphatic rings. The summed E-state index contributed by atoms with van der Waals surface area (Å²) >= 11 is 0.926. The highest BCUT2D eigenvalue weighted by molar-refractivity contribution is 8.18. The normalized spacial score (nSPS) is 16.2. The minimum atomic E-state index is -0.309. The number of aryl methyl sites for hydroxylation is 2. The van der Waals surface area contributed by atoms with E-state index in [1.807, 2.05) is 37.3 Å². The second-order valence-electron chi connectivity index (χ2n) is 5.44. The number of hydrogen-bond acceptors (Lipinski definition) is 5. The average Bonchev–Trinajstić information content (AvgIpc) is 3.10. The molecule has 0 saturated carbocycles. The molecule has 1 fully saturated rings. The molecule has 6 heteroatoms. The Bertz CT molecular complexity index is 793. The molecule has 2 aromatic rings. The lowest BCUT2D eigenvalue weighted by Crippen LogP contribution is -2.33. The number of rotatable bonds is 5. The topological polar surface area (TPSA) is 62.6 Å². The molecule has 0 radical (unpaired) electrons. The summed E-state index contributed by atoms with van der Waals surface area (Å²) < 4.78 is 5.43. The summed E-state index contributed by atoms with van der Waals surface area (Å²) in [4.78, 5) is 26.0. The molecule has 2 heterocycles. The fourth-order valence-corrected chi connectivity index (χ4v) is 3.14. The van der Waals surface area contributed by atoms with Gasteiger partial charge in [0.2, 0.25) is 0 Å². The van der Waals surface area contributed by atoms with Crippen LogP contribution in [0.5, 0.6) is 0 Å². The molecule has 1 aliphatic heterocycles.